The van der Waals surface area contributed by atoms with Crippen LogP contribution >= 0.6 is 0 Å². The van der Waals surface area contributed by atoms with Crippen LogP contribution in [0.3, 0.4) is 0 Å². The van der Waals surface area contributed by atoms with E-state index in [1.54, 1.807) is 0 Å². The summed E-state index contributed by atoms with van der Waals surface area (Å²) >= 11 is 0. The van der Waals surface area contributed by atoms with Crippen LogP contribution in [0.5, 0.6) is 0 Å². The molecule has 7 heteroatoms. The lowest BCUT2D eigenvalue weighted by molar-refractivity contribution is 0.128. The number of sulfonamides is 1. The van der Waals surface area contributed by atoms with Crippen LogP contribution in [-0.4, -0.2) is 28.2 Å². The number of halogens is 1. The van der Waals surface area contributed by atoms with Gasteiger partial charge in [0.25, 0.3) is 0 Å². The molecule has 0 heterocycles. The fourth-order valence-electron chi connectivity index (χ4n) is 1.63. The highest BCUT2D eigenvalue weighted by Gasteiger charge is 2.18. The maximum absolute atomic E-state index is 13.6. The third-order valence-corrected chi connectivity index (χ3v) is 4.37. The lowest BCUT2D eigenvalue weighted by Crippen LogP contribution is -2.28. The Morgan fingerprint density at radius 3 is 2.67 bits per heavy atom. The van der Waals surface area contributed by atoms with Crippen LogP contribution in [0.15, 0.2) is 23.1 Å². The molecule has 0 bridgehead atoms. The molecule has 0 aliphatic rings. The first kappa shape index (κ1) is 18.0. The van der Waals surface area contributed by atoms with Gasteiger partial charge in [-0.1, -0.05) is 19.9 Å². The summed E-state index contributed by atoms with van der Waals surface area (Å²) in [6, 6.07) is 3.82. The first-order valence-corrected chi connectivity index (χ1v) is 8.41. The molecular formula is C14H23FN2O3S. The molecule has 5 nitrogen and oxygen atoms in total. The molecule has 0 saturated heterocycles. The third kappa shape index (κ3) is 6.09. The Hall–Kier alpha value is -1.02. The Morgan fingerprint density at radius 2 is 2.05 bits per heavy atom. The van der Waals surface area contributed by atoms with E-state index in [0.717, 1.165) is 12.5 Å². The van der Waals surface area contributed by atoms with Crippen molar-refractivity contribution in [3.05, 3.63) is 29.6 Å². The van der Waals surface area contributed by atoms with Gasteiger partial charge in [-0.15, -0.1) is 0 Å². The molecule has 1 aromatic carbocycles. The van der Waals surface area contributed by atoms with E-state index in [9.17, 15) is 12.8 Å². The average Bonchev–Trinajstić information content (AvgIpc) is 2.42. The van der Waals surface area contributed by atoms with Crippen molar-refractivity contribution < 1.29 is 17.5 Å². The molecule has 0 atom stereocenters. The molecular weight excluding hydrogens is 295 g/mol. The van der Waals surface area contributed by atoms with Gasteiger partial charge in [0, 0.05) is 19.7 Å². The first-order chi connectivity index (χ1) is 9.86. The fourth-order valence-corrected chi connectivity index (χ4v) is 2.77. The highest BCUT2D eigenvalue weighted by molar-refractivity contribution is 7.89. The van der Waals surface area contributed by atoms with Crippen molar-refractivity contribution in [1.29, 1.82) is 0 Å². The quantitative estimate of drug-likeness (QED) is 0.678. The van der Waals surface area contributed by atoms with Crippen LogP contribution in [0.1, 0.15) is 25.8 Å². The Kier molecular flexibility index (Phi) is 7.24. The maximum Gasteiger partial charge on any atom is 0.243 e. The fraction of sp³-hybridized carbons (Fsp3) is 0.571. The van der Waals surface area contributed by atoms with Crippen molar-refractivity contribution in [2.45, 2.75) is 31.7 Å². The Morgan fingerprint density at radius 1 is 1.33 bits per heavy atom. The third-order valence-electron chi connectivity index (χ3n) is 2.90. The predicted molar refractivity (Wildman–Crippen MR) is 79.8 cm³/mol. The number of hydrogen-bond acceptors (Lipinski definition) is 4. The standard InChI is InChI=1S/C14H23FN2O3S/c1-11(2)5-7-20-8-6-17-21(18,19)14-9-12(10-16)3-4-13(14)15/h3-4,9,11,17H,5-8,10,16H2,1-2H3. The number of nitrogens with two attached hydrogens (primary N) is 1. The molecule has 0 amide bonds. The van der Waals surface area contributed by atoms with Crippen LogP contribution < -0.4 is 10.5 Å². The van der Waals surface area contributed by atoms with Gasteiger partial charge in [0.05, 0.1) is 6.61 Å². The summed E-state index contributed by atoms with van der Waals surface area (Å²) in [7, 11) is -3.89. The Labute approximate surface area is 125 Å². The smallest absolute Gasteiger partial charge is 0.243 e. The second kappa shape index (κ2) is 8.43. The largest absolute Gasteiger partial charge is 0.380 e. The second-order valence-corrected chi connectivity index (χ2v) is 6.90. The predicted octanol–water partition coefficient (Wildman–Crippen LogP) is 1.63. The van der Waals surface area contributed by atoms with Crippen molar-refractivity contribution in [1.82, 2.24) is 4.72 Å². The lowest BCUT2D eigenvalue weighted by atomic mass is 10.1. The summed E-state index contributed by atoms with van der Waals surface area (Å²) in [6.45, 7) is 5.26. The number of ether oxygens (including phenoxy) is 1. The zero-order chi connectivity index (χ0) is 15.9. The van der Waals surface area contributed by atoms with E-state index in [1.165, 1.54) is 12.1 Å². The van der Waals surface area contributed by atoms with E-state index in [1.807, 2.05) is 0 Å². The summed E-state index contributed by atoms with van der Waals surface area (Å²) in [5, 5.41) is 0. The van der Waals surface area contributed by atoms with Gasteiger partial charge in [-0.2, -0.15) is 0 Å². The monoisotopic (exact) mass is 318 g/mol. The van der Waals surface area contributed by atoms with Gasteiger partial charge in [0.2, 0.25) is 10.0 Å². The summed E-state index contributed by atoms with van der Waals surface area (Å²) in [6.07, 6.45) is 0.917. The Balaban J connectivity index is 2.54. The van der Waals surface area contributed by atoms with Gasteiger partial charge >= 0.3 is 0 Å². The van der Waals surface area contributed by atoms with Crippen LogP contribution in [0.4, 0.5) is 4.39 Å². The molecule has 0 saturated carbocycles. The van der Waals surface area contributed by atoms with E-state index in [-0.39, 0.29) is 24.6 Å². The van der Waals surface area contributed by atoms with Gasteiger partial charge < -0.3 is 10.5 Å². The van der Waals surface area contributed by atoms with Crippen molar-refractivity contribution in [3.8, 4) is 0 Å². The number of rotatable bonds is 9. The molecule has 0 fully saturated rings. The van der Waals surface area contributed by atoms with Gasteiger partial charge in [-0.25, -0.2) is 17.5 Å². The molecule has 120 valence electrons. The molecule has 0 unspecified atom stereocenters. The van der Waals surface area contributed by atoms with E-state index in [0.29, 0.717) is 18.1 Å². The first-order valence-electron chi connectivity index (χ1n) is 6.92. The molecule has 1 rings (SSSR count). The summed E-state index contributed by atoms with van der Waals surface area (Å²) in [4.78, 5) is -0.382. The van der Waals surface area contributed by atoms with E-state index in [4.69, 9.17) is 10.5 Å². The van der Waals surface area contributed by atoms with Crippen LogP contribution in [0.25, 0.3) is 0 Å². The highest BCUT2D eigenvalue weighted by Crippen LogP contribution is 2.16. The highest BCUT2D eigenvalue weighted by atomic mass is 32.2. The van der Waals surface area contributed by atoms with Gasteiger partial charge in [-0.3, -0.25) is 0 Å². The van der Waals surface area contributed by atoms with Crippen LogP contribution in [-0.2, 0) is 21.3 Å². The van der Waals surface area contributed by atoms with Gasteiger partial charge in [0.15, 0.2) is 0 Å². The number of benzene rings is 1. The SMILES string of the molecule is CC(C)CCOCCNS(=O)(=O)c1cc(CN)ccc1F. The van der Waals surface area contributed by atoms with Crippen LogP contribution in [0, 0.1) is 11.7 Å². The molecule has 3 N–H and O–H groups in total. The second-order valence-electron chi connectivity index (χ2n) is 5.16. The van der Waals surface area contributed by atoms with Gasteiger partial charge in [-0.05, 0) is 30.0 Å². The number of hydrogen-bond donors (Lipinski definition) is 2. The molecule has 1 aromatic rings. The molecule has 0 aliphatic carbocycles. The zero-order valence-electron chi connectivity index (χ0n) is 12.4. The topological polar surface area (TPSA) is 81.4 Å². The van der Waals surface area contributed by atoms with Crippen molar-refractivity contribution in [2.24, 2.45) is 11.7 Å². The molecule has 0 aromatic heterocycles. The van der Waals surface area contributed by atoms with E-state index >= 15 is 0 Å². The van der Waals surface area contributed by atoms with Crippen molar-refractivity contribution in [2.75, 3.05) is 19.8 Å². The van der Waals surface area contributed by atoms with Gasteiger partial charge in [0.1, 0.15) is 10.7 Å². The van der Waals surface area contributed by atoms with Crippen molar-refractivity contribution >= 4 is 10.0 Å². The van der Waals surface area contributed by atoms with E-state index < -0.39 is 15.8 Å². The average molecular weight is 318 g/mol. The summed E-state index contributed by atoms with van der Waals surface area (Å²) in [5.74, 6) is -0.254. The molecule has 0 spiro atoms. The summed E-state index contributed by atoms with van der Waals surface area (Å²) < 4.78 is 45.3. The normalized spacial score (nSPS) is 12.0. The molecule has 0 radical (unpaired) electrons. The summed E-state index contributed by atoms with van der Waals surface area (Å²) in [5.41, 5.74) is 5.99. The van der Waals surface area contributed by atoms with Crippen molar-refractivity contribution in [3.63, 3.8) is 0 Å². The molecule has 21 heavy (non-hydrogen) atoms. The minimum absolute atomic E-state index is 0.104. The molecule has 0 aliphatic heterocycles. The number of nitrogens with one attached hydrogen (secondary N) is 1. The minimum Gasteiger partial charge on any atom is -0.380 e. The minimum atomic E-state index is -3.89. The maximum atomic E-state index is 13.6. The van der Waals surface area contributed by atoms with Crippen LogP contribution in [0.2, 0.25) is 0 Å². The lowest BCUT2D eigenvalue weighted by Gasteiger charge is -2.10. The Bertz CT molecular complexity index is 547. The van der Waals surface area contributed by atoms with E-state index in [2.05, 4.69) is 18.6 Å². The zero-order valence-corrected chi connectivity index (χ0v) is 13.2.